The molecule has 0 aliphatic carbocycles. The molecule has 0 spiro atoms. The molecule has 0 aliphatic rings. The SMILES string of the molecule is CCC(C)NC(C(N)=O)c1c(Cl)cccc1Cl. The third-order valence-electron chi connectivity index (χ3n) is 2.64. The van der Waals surface area contributed by atoms with E-state index in [0.29, 0.717) is 15.6 Å². The fourth-order valence-corrected chi connectivity index (χ4v) is 2.11. The summed E-state index contributed by atoms with van der Waals surface area (Å²) in [6.45, 7) is 3.99. The zero-order chi connectivity index (χ0) is 13.0. The fourth-order valence-electron chi connectivity index (χ4n) is 1.50. The monoisotopic (exact) mass is 274 g/mol. The van der Waals surface area contributed by atoms with E-state index >= 15 is 0 Å². The van der Waals surface area contributed by atoms with Crippen LogP contribution in [0.5, 0.6) is 0 Å². The molecule has 1 aromatic carbocycles. The van der Waals surface area contributed by atoms with Crippen LogP contribution in [0.3, 0.4) is 0 Å². The van der Waals surface area contributed by atoms with Gasteiger partial charge in [0.2, 0.25) is 5.91 Å². The standard InChI is InChI=1S/C12H16Cl2N2O/c1-3-7(2)16-11(12(15)17)10-8(13)5-4-6-9(10)14/h4-7,11,16H,3H2,1-2H3,(H2,15,17). The van der Waals surface area contributed by atoms with E-state index in [9.17, 15) is 4.79 Å². The lowest BCUT2D eigenvalue weighted by Gasteiger charge is -2.22. The molecule has 0 saturated heterocycles. The van der Waals surface area contributed by atoms with Crippen molar-refractivity contribution in [2.45, 2.75) is 32.4 Å². The Balaban J connectivity index is 3.10. The molecule has 3 N–H and O–H groups in total. The topological polar surface area (TPSA) is 55.1 Å². The van der Waals surface area contributed by atoms with Crippen molar-refractivity contribution in [3.05, 3.63) is 33.8 Å². The van der Waals surface area contributed by atoms with E-state index in [0.717, 1.165) is 6.42 Å². The maximum Gasteiger partial charge on any atom is 0.239 e. The number of carbonyl (C=O) groups excluding carboxylic acids is 1. The molecule has 0 aliphatic heterocycles. The molecule has 94 valence electrons. The zero-order valence-corrected chi connectivity index (χ0v) is 11.3. The van der Waals surface area contributed by atoms with Gasteiger partial charge in [0.05, 0.1) is 0 Å². The predicted octanol–water partition coefficient (Wildman–Crippen LogP) is 2.91. The van der Waals surface area contributed by atoms with E-state index < -0.39 is 11.9 Å². The van der Waals surface area contributed by atoms with Crippen LogP contribution in [0.15, 0.2) is 18.2 Å². The second-order valence-electron chi connectivity index (χ2n) is 3.95. The van der Waals surface area contributed by atoms with Crippen molar-refractivity contribution in [3.63, 3.8) is 0 Å². The number of halogens is 2. The Kier molecular flexibility index (Phi) is 5.25. The fraction of sp³-hybridized carbons (Fsp3) is 0.417. The summed E-state index contributed by atoms with van der Waals surface area (Å²) >= 11 is 12.1. The number of primary amides is 1. The molecule has 1 aromatic rings. The summed E-state index contributed by atoms with van der Waals surface area (Å²) in [6, 6.07) is 4.61. The molecule has 0 bridgehead atoms. The first kappa shape index (κ1) is 14.3. The van der Waals surface area contributed by atoms with E-state index in [1.807, 2.05) is 13.8 Å². The minimum Gasteiger partial charge on any atom is -0.368 e. The third kappa shape index (κ3) is 3.60. The average Bonchev–Trinajstić information content (AvgIpc) is 2.26. The van der Waals surface area contributed by atoms with Crippen molar-refractivity contribution in [1.29, 1.82) is 0 Å². The summed E-state index contributed by atoms with van der Waals surface area (Å²) in [6.07, 6.45) is 0.881. The summed E-state index contributed by atoms with van der Waals surface area (Å²) in [4.78, 5) is 11.5. The van der Waals surface area contributed by atoms with Gasteiger partial charge in [-0.15, -0.1) is 0 Å². The lowest BCUT2D eigenvalue weighted by atomic mass is 10.0. The Morgan fingerprint density at radius 1 is 1.41 bits per heavy atom. The molecule has 2 atom stereocenters. The van der Waals surface area contributed by atoms with Crippen molar-refractivity contribution in [2.24, 2.45) is 5.73 Å². The molecule has 1 amide bonds. The molecule has 2 unspecified atom stereocenters. The maximum atomic E-state index is 11.5. The van der Waals surface area contributed by atoms with Crippen LogP contribution >= 0.6 is 23.2 Å². The average molecular weight is 275 g/mol. The molecule has 3 nitrogen and oxygen atoms in total. The second kappa shape index (κ2) is 6.24. The lowest BCUT2D eigenvalue weighted by Crippen LogP contribution is -2.38. The molecule has 1 rings (SSSR count). The highest BCUT2D eigenvalue weighted by Gasteiger charge is 2.24. The number of amides is 1. The van der Waals surface area contributed by atoms with Crippen LogP contribution < -0.4 is 11.1 Å². The highest BCUT2D eigenvalue weighted by Crippen LogP contribution is 2.30. The largest absolute Gasteiger partial charge is 0.368 e. The number of carbonyl (C=O) groups is 1. The van der Waals surface area contributed by atoms with E-state index in [-0.39, 0.29) is 6.04 Å². The Labute approximate surface area is 111 Å². The summed E-state index contributed by atoms with van der Waals surface area (Å²) in [5.41, 5.74) is 5.94. The van der Waals surface area contributed by atoms with Crippen LogP contribution in [0.25, 0.3) is 0 Å². The van der Waals surface area contributed by atoms with Gasteiger partial charge in [0.15, 0.2) is 0 Å². The van der Waals surface area contributed by atoms with Crippen molar-refractivity contribution in [3.8, 4) is 0 Å². The quantitative estimate of drug-likeness (QED) is 0.868. The van der Waals surface area contributed by atoms with E-state index in [2.05, 4.69) is 5.32 Å². The molecule has 0 fully saturated rings. The Hall–Kier alpha value is -0.770. The number of hydrogen-bond acceptors (Lipinski definition) is 2. The van der Waals surface area contributed by atoms with Crippen molar-refractivity contribution < 1.29 is 4.79 Å². The minimum absolute atomic E-state index is 0.153. The van der Waals surface area contributed by atoms with Gasteiger partial charge in [0, 0.05) is 21.7 Å². The second-order valence-corrected chi connectivity index (χ2v) is 4.76. The van der Waals surface area contributed by atoms with E-state index in [4.69, 9.17) is 28.9 Å². The van der Waals surface area contributed by atoms with Gasteiger partial charge < -0.3 is 5.73 Å². The molecule has 0 heterocycles. The van der Waals surface area contributed by atoms with Crippen LogP contribution in [0, 0.1) is 0 Å². The van der Waals surface area contributed by atoms with Crippen molar-refractivity contribution >= 4 is 29.1 Å². The van der Waals surface area contributed by atoms with Crippen LogP contribution in [-0.4, -0.2) is 11.9 Å². The molecular formula is C12H16Cl2N2O. The van der Waals surface area contributed by atoms with Crippen molar-refractivity contribution in [2.75, 3.05) is 0 Å². The van der Waals surface area contributed by atoms with Crippen molar-refractivity contribution in [1.82, 2.24) is 5.32 Å². The Morgan fingerprint density at radius 2 is 1.94 bits per heavy atom. The number of nitrogens with one attached hydrogen (secondary N) is 1. The molecule has 17 heavy (non-hydrogen) atoms. The summed E-state index contributed by atoms with van der Waals surface area (Å²) in [5, 5.41) is 4.00. The normalized spacial score (nSPS) is 14.4. The third-order valence-corrected chi connectivity index (χ3v) is 3.30. The van der Waals surface area contributed by atoms with Gasteiger partial charge in [-0.3, -0.25) is 10.1 Å². The smallest absolute Gasteiger partial charge is 0.239 e. The van der Waals surface area contributed by atoms with E-state index in [1.165, 1.54) is 0 Å². The Bertz CT molecular complexity index is 389. The first-order chi connectivity index (χ1) is 7.97. The van der Waals surface area contributed by atoms with Crippen LogP contribution in [0.4, 0.5) is 0 Å². The van der Waals surface area contributed by atoms with Crippen LogP contribution in [0.1, 0.15) is 31.9 Å². The van der Waals surface area contributed by atoms with Gasteiger partial charge in [-0.2, -0.15) is 0 Å². The number of nitrogens with two attached hydrogens (primary N) is 1. The van der Waals surface area contributed by atoms with Crippen LogP contribution in [-0.2, 0) is 4.79 Å². The highest BCUT2D eigenvalue weighted by molar-refractivity contribution is 6.36. The van der Waals surface area contributed by atoms with Gasteiger partial charge in [-0.05, 0) is 25.5 Å². The predicted molar refractivity (Wildman–Crippen MR) is 71.3 cm³/mol. The van der Waals surface area contributed by atoms with Gasteiger partial charge in [-0.25, -0.2) is 0 Å². The lowest BCUT2D eigenvalue weighted by molar-refractivity contribution is -0.120. The Morgan fingerprint density at radius 3 is 2.35 bits per heavy atom. The number of benzene rings is 1. The molecule has 0 aromatic heterocycles. The van der Waals surface area contributed by atoms with Crippen LogP contribution in [0.2, 0.25) is 10.0 Å². The van der Waals surface area contributed by atoms with Gasteiger partial charge >= 0.3 is 0 Å². The summed E-state index contributed by atoms with van der Waals surface area (Å²) < 4.78 is 0. The molecule has 5 heteroatoms. The van der Waals surface area contributed by atoms with Gasteiger partial charge in [-0.1, -0.05) is 36.2 Å². The summed E-state index contributed by atoms with van der Waals surface area (Å²) in [7, 11) is 0. The maximum absolute atomic E-state index is 11.5. The summed E-state index contributed by atoms with van der Waals surface area (Å²) in [5.74, 6) is -0.486. The molecule has 0 saturated carbocycles. The highest BCUT2D eigenvalue weighted by atomic mass is 35.5. The minimum atomic E-state index is -0.661. The molecular weight excluding hydrogens is 259 g/mol. The first-order valence-electron chi connectivity index (χ1n) is 5.46. The first-order valence-corrected chi connectivity index (χ1v) is 6.22. The number of rotatable bonds is 5. The van der Waals surface area contributed by atoms with Gasteiger partial charge in [0.25, 0.3) is 0 Å². The zero-order valence-electron chi connectivity index (χ0n) is 9.84. The van der Waals surface area contributed by atoms with E-state index in [1.54, 1.807) is 18.2 Å². The van der Waals surface area contributed by atoms with Gasteiger partial charge in [0.1, 0.15) is 6.04 Å². The number of hydrogen-bond donors (Lipinski definition) is 2. The molecule has 0 radical (unpaired) electrons.